The van der Waals surface area contributed by atoms with Gasteiger partial charge in [0.15, 0.2) is 0 Å². The number of aryl methyl sites for hydroxylation is 1. The van der Waals surface area contributed by atoms with Gasteiger partial charge in [0.05, 0.1) is 21.8 Å². The third-order valence-corrected chi connectivity index (χ3v) is 4.95. The van der Waals surface area contributed by atoms with Crippen molar-refractivity contribution < 1.29 is 5.11 Å². The van der Waals surface area contributed by atoms with E-state index in [4.69, 9.17) is 16.6 Å². The van der Waals surface area contributed by atoms with Gasteiger partial charge in [-0.1, -0.05) is 29.8 Å². The Morgan fingerprint density at radius 3 is 2.67 bits per heavy atom. The maximum atomic E-state index is 10.0. The Labute approximate surface area is 130 Å². The fourth-order valence-electron chi connectivity index (χ4n) is 2.93. The molecule has 2 heterocycles. The minimum absolute atomic E-state index is 0.521. The minimum Gasteiger partial charge on any atom is -0.390 e. The second kappa shape index (κ2) is 5.56. The Hall–Kier alpha value is -1.16. The second-order valence-electron chi connectivity index (χ2n) is 6.29. The van der Waals surface area contributed by atoms with Crippen LogP contribution in [0.25, 0.3) is 10.9 Å². The molecule has 112 valence electrons. The molecular formula is C17H21ClN2O. The summed E-state index contributed by atoms with van der Waals surface area (Å²) in [5.74, 6) is 0. The van der Waals surface area contributed by atoms with E-state index in [1.807, 2.05) is 25.1 Å². The number of benzene rings is 1. The summed E-state index contributed by atoms with van der Waals surface area (Å²) in [6, 6.07) is 8.11. The molecule has 1 fully saturated rings. The first-order chi connectivity index (χ1) is 9.96. The Kier molecular flexibility index (Phi) is 3.91. The molecule has 3 nitrogen and oxygen atoms in total. The first-order valence-electron chi connectivity index (χ1n) is 7.45. The van der Waals surface area contributed by atoms with Gasteiger partial charge in [-0.05, 0) is 38.3 Å². The van der Waals surface area contributed by atoms with Crippen LogP contribution in [0.1, 0.15) is 31.0 Å². The molecule has 0 atom stereocenters. The Balaban J connectivity index is 1.86. The molecule has 0 saturated carbocycles. The number of nitrogens with zero attached hydrogens (tertiary/aromatic N) is 2. The summed E-state index contributed by atoms with van der Waals surface area (Å²) >= 11 is 6.51. The van der Waals surface area contributed by atoms with E-state index in [-0.39, 0.29) is 0 Å². The van der Waals surface area contributed by atoms with Crippen LogP contribution in [-0.4, -0.2) is 33.7 Å². The predicted molar refractivity (Wildman–Crippen MR) is 86.6 cm³/mol. The Bertz CT molecular complexity index is 659. The maximum absolute atomic E-state index is 10.0. The van der Waals surface area contributed by atoms with Gasteiger partial charge < -0.3 is 5.11 Å². The van der Waals surface area contributed by atoms with Crippen molar-refractivity contribution in [1.29, 1.82) is 0 Å². The van der Waals surface area contributed by atoms with Crippen molar-refractivity contribution in [3.05, 3.63) is 40.5 Å². The first kappa shape index (κ1) is 14.8. The molecule has 4 heteroatoms. The SMILES string of the molecule is Cc1c(Cl)c(CN2CCC(C)(O)CC2)nc2ccccc12. The number of piperidine rings is 1. The van der Waals surface area contributed by atoms with E-state index in [2.05, 4.69) is 17.9 Å². The fraction of sp³-hybridized carbons (Fsp3) is 0.471. The third-order valence-electron chi connectivity index (χ3n) is 4.45. The number of fused-ring (bicyclic) bond motifs is 1. The lowest BCUT2D eigenvalue weighted by Gasteiger charge is -2.35. The van der Waals surface area contributed by atoms with E-state index in [1.165, 1.54) is 0 Å². The van der Waals surface area contributed by atoms with Crippen molar-refractivity contribution in [3.63, 3.8) is 0 Å². The lowest BCUT2D eigenvalue weighted by atomic mass is 9.94. The van der Waals surface area contributed by atoms with E-state index >= 15 is 0 Å². The van der Waals surface area contributed by atoms with Crippen LogP contribution in [0.5, 0.6) is 0 Å². The summed E-state index contributed by atoms with van der Waals surface area (Å²) in [4.78, 5) is 7.05. The molecule has 1 N–H and O–H groups in total. The molecule has 1 saturated heterocycles. The molecule has 1 aromatic carbocycles. The van der Waals surface area contributed by atoms with Crippen molar-refractivity contribution in [1.82, 2.24) is 9.88 Å². The molecule has 1 aliphatic heterocycles. The molecule has 1 aliphatic rings. The smallest absolute Gasteiger partial charge is 0.0740 e. The number of para-hydroxylation sites is 1. The number of halogens is 1. The van der Waals surface area contributed by atoms with E-state index in [0.717, 1.165) is 59.7 Å². The van der Waals surface area contributed by atoms with Gasteiger partial charge in [-0.15, -0.1) is 0 Å². The number of rotatable bonds is 2. The number of aromatic nitrogens is 1. The summed E-state index contributed by atoms with van der Waals surface area (Å²) in [5, 5.41) is 11.9. The number of aliphatic hydroxyl groups is 1. The standard InChI is InChI=1S/C17H21ClN2O/c1-12-13-5-3-4-6-14(13)19-15(16(12)18)11-20-9-7-17(2,21)8-10-20/h3-6,21H,7-11H2,1-2H3. The first-order valence-corrected chi connectivity index (χ1v) is 7.82. The number of hydrogen-bond acceptors (Lipinski definition) is 3. The lowest BCUT2D eigenvalue weighted by molar-refractivity contribution is -0.00755. The zero-order chi connectivity index (χ0) is 15.0. The van der Waals surface area contributed by atoms with Crippen LogP contribution in [0.15, 0.2) is 24.3 Å². The van der Waals surface area contributed by atoms with Crippen molar-refractivity contribution in [3.8, 4) is 0 Å². The Morgan fingerprint density at radius 1 is 1.29 bits per heavy atom. The molecule has 0 radical (unpaired) electrons. The van der Waals surface area contributed by atoms with Crippen LogP contribution in [0.4, 0.5) is 0 Å². The molecular weight excluding hydrogens is 284 g/mol. The zero-order valence-corrected chi connectivity index (χ0v) is 13.3. The van der Waals surface area contributed by atoms with Gasteiger partial charge in [-0.25, -0.2) is 4.98 Å². The van der Waals surface area contributed by atoms with Gasteiger partial charge in [0.2, 0.25) is 0 Å². The molecule has 1 aromatic heterocycles. The summed E-state index contributed by atoms with van der Waals surface area (Å²) in [6.45, 7) is 6.49. The fourth-order valence-corrected chi connectivity index (χ4v) is 3.13. The van der Waals surface area contributed by atoms with E-state index in [9.17, 15) is 5.11 Å². The highest BCUT2D eigenvalue weighted by molar-refractivity contribution is 6.32. The molecule has 3 rings (SSSR count). The van der Waals surface area contributed by atoms with Crippen molar-refractivity contribution in [2.75, 3.05) is 13.1 Å². The van der Waals surface area contributed by atoms with Gasteiger partial charge >= 0.3 is 0 Å². The number of likely N-dealkylation sites (tertiary alicyclic amines) is 1. The molecule has 21 heavy (non-hydrogen) atoms. The maximum Gasteiger partial charge on any atom is 0.0740 e. The van der Waals surface area contributed by atoms with Crippen molar-refractivity contribution in [2.24, 2.45) is 0 Å². The van der Waals surface area contributed by atoms with Crippen LogP contribution in [0.3, 0.4) is 0 Å². The summed E-state index contributed by atoms with van der Waals surface area (Å²) in [7, 11) is 0. The van der Waals surface area contributed by atoms with Crippen LogP contribution in [-0.2, 0) is 6.54 Å². The average molecular weight is 305 g/mol. The van der Waals surface area contributed by atoms with Gasteiger partial charge in [0.25, 0.3) is 0 Å². The van der Waals surface area contributed by atoms with Crippen LogP contribution in [0, 0.1) is 6.92 Å². The number of pyridine rings is 1. The average Bonchev–Trinajstić information content (AvgIpc) is 2.46. The van der Waals surface area contributed by atoms with Gasteiger partial charge in [0.1, 0.15) is 0 Å². The highest BCUT2D eigenvalue weighted by Crippen LogP contribution is 2.29. The van der Waals surface area contributed by atoms with Gasteiger partial charge in [-0.3, -0.25) is 4.90 Å². The summed E-state index contributed by atoms with van der Waals surface area (Å²) in [5.41, 5.74) is 2.52. The molecule has 0 aliphatic carbocycles. The van der Waals surface area contributed by atoms with E-state index < -0.39 is 5.60 Å². The topological polar surface area (TPSA) is 36.4 Å². The van der Waals surface area contributed by atoms with Crippen LogP contribution in [0.2, 0.25) is 5.02 Å². The van der Waals surface area contributed by atoms with Crippen molar-refractivity contribution >= 4 is 22.5 Å². The van der Waals surface area contributed by atoms with Crippen molar-refractivity contribution in [2.45, 2.75) is 38.8 Å². The molecule has 2 aromatic rings. The predicted octanol–water partition coefficient (Wildman–Crippen LogP) is 3.54. The molecule has 0 bridgehead atoms. The van der Waals surface area contributed by atoms with E-state index in [0.29, 0.717) is 0 Å². The lowest BCUT2D eigenvalue weighted by Crippen LogP contribution is -2.42. The minimum atomic E-state index is -0.521. The molecule has 0 unspecified atom stereocenters. The highest BCUT2D eigenvalue weighted by atomic mass is 35.5. The number of hydrogen-bond donors (Lipinski definition) is 1. The quantitative estimate of drug-likeness (QED) is 0.922. The second-order valence-corrected chi connectivity index (χ2v) is 6.67. The third kappa shape index (κ3) is 3.05. The van der Waals surface area contributed by atoms with Crippen LogP contribution >= 0.6 is 11.6 Å². The normalized spacial score (nSPS) is 19.0. The van der Waals surface area contributed by atoms with E-state index in [1.54, 1.807) is 0 Å². The highest BCUT2D eigenvalue weighted by Gasteiger charge is 2.27. The summed E-state index contributed by atoms with van der Waals surface area (Å²) < 4.78 is 0. The van der Waals surface area contributed by atoms with Crippen LogP contribution < -0.4 is 0 Å². The molecule has 0 amide bonds. The Morgan fingerprint density at radius 2 is 1.95 bits per heavy atom. The monoisotopic (exact) mass is 304 g/mol. The zero-order valence-electron chi connectivity index (χ0n) is 12.6. The van der Waals surface area contributed by atoms with Gasteiger partial charge in [-0.2, -0.15) is 0 Å². The summed E-state index contributed by atoms with van der Waals surface area (Å²) in [6.07, 6.45) is 1.61. The largest absolute Gasteiger partial charge is 0.390 e. The van der Waals surface area contributed by atoms with Gasteiger partial charge in [0, 0.05) is 25.0 Å². The molecule has 0 spiro atoms.